The van der Waals surface area contributed by atoms with Crippen molar-refractivity contribution in [2.45, 2.75) is 32.6 Å². The molecule has 2 atom stereocenters. The lowest BCUT2D eigenvalue weighted by atomic mass is 9.70. The normalized spacial score (nSPS) is 21.3. The van der Waals surface area contributed by atoms with Gasteiger partial charge in [0.15, 0.2) is 0 Å². The van der Waals surface area contributed by atoms with Crippen LogP contribution < -0.4 is 5.32 Å². The molecule has 0 saturated heterocycles. The predicted octanol–water partition coefficient (Wildman–Crippen LogP) is 3.42. The van der Waals surface area contributed by atoms with Crippen LogP contribution in [0, 0.1) is 19.8 Å². The van der Waals surface area contributed by atoms with Crippen LogP contribution in [-0.2, 0) is 4.79 Å². The Morgan fingerprint density at radius 2 is 2.00 bits per heavy atom. The molecule has 1 fully saturated rings. The Balaban J connectivity index is 1.72. The largest absolute Gasteiger partial charge is 0.361 e. The molecular weight excluding hydrogens is 252 g/mol. The van der Waals surface area contributed by atoms with Gasteiger partial charge in [0.25, 0.3) is 0 Å². The van der Waals surface area contributed by atoms with E-state index in [1.165, 1.54) is 0 Å². The number of nitrogens with one attached hydrogen (secondary N) is 1. The van der Waals surface area contributed by atoms with Crippen molar-refractivity contribution in [2.24, 2.45) is 5.92 Å². The van der Waals surface area contributed by atoms with Gasteiger partial charge in [-0.3, -0.25) is 4.79 Å². The van der Waals surface area contributed by atoms with E-state index in [2.05, 4.69) is 10.5 Å². The van der Waals surface area contributed by atoms with E-state index >= 15 is 0 Å². The standard InChI is InChI=1S/C16H18N2O2/c1-10-11(2)20-18-15(10)13-8-9-14(13)16(19)17-12-6-4-3-5-7-12/h3-7,13-14H,8-9H2,1-2H3,(H,17,19)/t13-,14-/m0/s1. The molecule has 1 aliphatic rings. The zero-order valence-electron chi connectivity index (χ0n) is 11.7. The van der Waals surface area contributed by atoms with Crippen LogP contribution in [0.1, 0.15) is 35.8 Å². The first kappa shape index (κ1) is 12.9. The fourth-order valence-corrected chi connectivity index (χ4v) is 2.68. The van der Waals surface area contributed by atoms with Crippen molar-refractivity contribution in [1.29, 1.82) is 0 Å². The number of benzene rings is 1. The van der Waals surface area contributed by atoms with Gasteiger partial charge in [0.2, 0.25) is 5.91 Å². The number of carbonyl (C=O) groups is 1. The summed E-state index contributed by atoms with van der Waals surface area (Å²) in [4.78, 5) is 12.3. The maximum atomic E-state index is 12.3. The Morgan fingerprint density at radius 1 is 1.25 bits per heavy atom. The van der Waals surface area contributed by atoms with Gasteiger partial charge in [-0.05, 0) is 38.8 Å². The van der Waals surface area contributed by atoms with Gasteiger partial charge in [0.1, 0.15) is 5.76 Å². The summed E-state index contributed by atoms with van der Waals surface area (Å²) in [5.41, 5.74) is 2.87. The average Bonchev–Trinajstić information content (AvgIpc) is 2.71. The van der Waals surface area contributed by atoms with Crippen LogP contribution in [0.25, 0.3) is 0 Å². The summed E-state index contributed by atoms with van der Waals surface area (Å²) in [6.07, 6.45) is 1.91. The van der Waals surface area contributed by atoms with Crippen LogP contribution in [0.15, 0.2) is 34.9 Å². The molecule has 0 unspecified atom stereocenters. The number of hydrogen-bond donors (Lipinski definition) is 1. The van der Waals surface area contributed by atoms with Crippen LogP contribution in [-0.4, -0.2) is 11.1 Å². The molecule has 1 N–H and O–H groups in total. The van der Waals surface area contributed by atoms with E-state index in [0.29, 0.717) is 0 Å². The smallest absolute Gasteiger partial charge is 0.228 e. The Hall–Kier alpha value is -2.10. The molecule has 1 saturated carbocycles. The number of nitrogens with zero attached hydrogens (tertiary/aromatic N) is 1. The molecule has 0 aliphatic heterocycles. The maximum Gasteiger partial charge on any atom is 0.228 e. The number of amides is 1. The molecule has 0 bridgehead atoms. The Morgan fingerprint density at radius 3 is 2.55 bits per heavy atom. The molecule has 0 spiro atoms. The number of aromatic nitrogens is 1. The molecule has 4 nitrogen and oxygen atoms in total. The molecule has 1 aromatic heterocycles. The van der Waals surface area contributed by atoms with Crippen molar-refractivity contribution < 1.29 is 9.32 Å². The highest BCUT2D eigenvalue weighted by molar-refractivity contribution is 5.93. The quantitative estimate of drug-likeness (QED) is 0.929. The molecule has 1 amide bonds. The second-order valence-corrected chi connectivity index (χ2v) is 5.39. The average molecular weight is 270 g/mol. The molecule has 2 aromatic rings. The fourth-order valence-electron chi connectivity index (χ4n) is 2.68. The van der Waals surface area contributed by atoms with Gasteiger partial charge in [0, 0.05) is 23.1 Å². The zero-order valence-corrected chi connectivity index (χ0v) is 11.7. The second-order valence-electron chi connectivity index (χ2n) is 5.39. The number of para-hydroxylation sites is 1. The van der Waals surface area contributed by atoms with Crippen LogP contribution in [0.4, 0.5) is 5.69 Å². The number of aryl methyl sites for hydroxylation is 1. The summed E-state index contributed by atoms with van der Waals surface area (Å²) in [5, 5.41) is 7.09. The van der Waals surface area contributed by atoms with E-state index < -0.39 is 0 Å². The third kappa shape index (κ3) is 2.22. The Labute approximate surface area is 118 Å². The Kier molecular flexibility index (Phi) is 3.30. The van der Waals surface area contributed by atoms with Crippen LogP contribution in [0.5, 0.6) is 0 Å². The lowest BCUT2D eigenvalue weighted by Gasteiger charge is -2.34. The van der Waals surface area contributed by atoms with Crippen LogP contribution >= 0.6 is 0 Å². The van der Waals surface area contributed by atoms with Gasteiger partial charge >= 0.3 is 0 Å². The summed E-state index contributed by atoms with van der Waals surface area (Å²) >= 11 is 0. The van der Waals surface area contributed by atoms with Gasteiger partial charge in [-0.2, -0.15) is 0 Å². The van der Waals surface area contributed by atoms with Crippen molar-refractivity contribution in [2.75, 3.05) is 5.32 Å². The monoisotopic (exact) mass is 270 g/mol. The SMILES string of the molecule is Cc1onc([C@H]2CC[C@@H]2C(=O)Nc2ccccc2)c1C. The summed E-state index contributed by atoms with van der Waals surface area (Å²) < 4.78 is 5.22. The molecule has 1 aliphatic carbocycles. The van der Waals surface area contributed by atoms with E-state index in [1.54, 1.807) is 0 Å². The van der Waals surface area contributed by atoms with E-state index in [9.17, 15) is 4.79 Å². The minimum Gasteiger partial charge on any atom is -0.361 e. The van der Waals surface area contributed by atoms with Crippen molar-refractivity contribution >= 4 is 11.6 Å². The predicted molar refractivity (Wildman–Crippen MR) is 76.5 cm³/mol. The van der Waals surface area contributed by atoms with Crippen molar-refractivity contribution in [1.82, 2.24) is 5.16 Å². The van der Waals surface area contributed by atoms with Crippen LogP contribution in [0.3, 0.4) is 0 Å². The number of carbonyl (C=O) groups excluding carboxylic acids is 1. The lowest BCUT2D eigenvalue weighted by Crippen LogP contribution is -2.35. The highest BCUT2D eigenvalue weighted by atomic mass is 16.5. The van der Waals surface area contributed by atoms with Crippen molar-refractivity contribution in [3.63, 3.8) is 0 Å². The Bertz CT molecular complexity index is 619. The van der Waals surface area contributed by atoms with Gasteiger partial charge in [0.05, 0.1) is 5.69 Å². The molecule has 4 heteroatoms. The molecule has 3 rings (SSSR count). The molecule has 0 radical (unpaired) electrons. The van der Waals surface area contributed by atoms with Gasteiger partial charge in [-0.25, -0.2) is 0 Å². The van der Waals surface area contributed by atoms with Gasteiger partial charge in [-0.15, -0.1) is 0 Å². The van der Waals surface area contributed by atoms with E-state index in [-0.39, 0.29) is 17.7 Å². The summed E-state index contributed by atoms with van der Waals surface area (Å²) in [6, 6.07) is 9.56. The first-order valence-electron chi connectivity index (χ1n) is 6.95. The first-order valence-corrected chi connectivity index (χ1v) is 6.95. The first-order chi connectivity index (χ1) is 9.66. The summed E-state index contributed by atoms with van der Waals surface area (Å²) in [6.45, 7) is 3.91. The maximum absolute atomic E-state index is 12.3. The highest BCUT2D eigenvalue weighted by Gasteiger charge is 2.40. The second kappa shape index (κ2) is 5.12. The topological polar surface area (TPSA) is 55.1 Å². The van der Waals surface area contributed by atoms with E-state index in [0.717, 1.165) is 35.5 Å². The number of rotatable bonds is 3. The molecule has 1 heterocycles. The number of anilines is 1. The third-order valence-corrected chi connectivity index (χ3v) is 4.20. The molecule has 104 valence electrons. The summed E-state index contributed by atoms with van der Waals surface area (Å²) in [7, 11) is 0. The molecule has 20 heavy (non-hydrogen) atoms. The molecule has 1 aromatic carbocycles. The van der Waals surface area contributed by atoms with Gasteiger partial charge < -0.3 is 9.84 Å². The molecular formula is C16H18N2O2. The summed E-state index contributed by atoms with van der Waals surface area (Å²) in [5.74, 6) is 1.11. The van der Waals surface area contributed by atoms with E-state index in [4.69, 9.17) is 4.52 Å². The fraction of sp³-hybridized carbons (Fsp3) is 0.375. The van der Waals surface area contributed by atoms with Crippen molar-refractivity contribution in [3.8, 4) is 0 Å². The van der Waals surface area contributed by atoms with E-state index in [1.807, 2.05) is 44.2 Å². The highest BCUT2D eigenvalue weighted by Crippen LogP contribution is 2.44. The van der Waals surface area contributed by atoms with Gasteiger partial charge in [-0.1, -0.05) is 23.4 Å². The zero-order chi connectivity index (χ0) is 14.1. The lowest BCUT2D eigenvalue weighted by molar-refractivity contribution is -0.123. The minimum absolute atomic E-state index is 0.00148. The van der Waals surface area contributed by atoms with Crippen LogP contribution in [0.2, 0.25) is 0 Å². The third-order valence-electron chi connectivity index (χ3n) is 4.20. The number of hydrogen-bond acceptors (Lipinski definition) is 3. The minimum atomic E-state index is -0.00148. The van der Waals surface area contributed by atoms with Crippen molar-refractivity contribution in [3.05, 3.63) is 47.3 Å².